The lowest BCUT2D eigenvalue weighted by Crippen LogP contribution is -1.79. The van der Waals surface area contributed by atoms with Gasteiger partial charge in [0.25, 0.3) is 0 Å². The summed E-state index contributed by atoms with van der Waals surface area (Å²) in [4.78, 5) is 7.96. The van der Waals surface area contributed by atoms with Crippen LogP contribution in [0, 0.1) is 0 Å². The van der Waals surface area contributed by atoms with E-state index in [1.807, 2.05) is 6.07 Å². The summed E-state index contributed by atoms with van der Waals surface area (Å²) in [6.45, 7) is 4.18. The lowest BCUT2D eigenvalue weighted by Gasteiger charge is -1.95. The van der Waals surface area contributed by atoms with Gasteiger partial charge in [-0.25, -0.2) is 9.97 Å². The molecule has 0 aromatic carbocycles. The lowest BCUT2D eigenvalue weighted by molar-refractivity contribution is 0.520. The number of nitrogens with zero attached hydrogens (tertiary/aromatic N) is 2. The highest BCUT2D eigenvalue weighted by Gasteiger charge is 2.06. The second kappa shape index (κ2) is 2.59. The standard InChI is InChI=1S/C9H10N2O/c1-6(2)8-3-7-9(12-8)4-10-5-11-7/h3-6H,1-2H3. The van der Waals surface area contributed by atoms with Crippen molar-refractivity contribution in [3.05, 3.63) is 24.4 Å². The minimum atomic E-state index is 0.402. The molecule has 2 aromatic rings. The molecule has 0 saturated heterocycles. The van der Waals surface area contributed by atoms with E-state index in [2.05, 4.69) is 23.8 Å². The van der Waals surface area contributed by atoms with Crippen molar-refractivity contribution in [3.63, 3.8) is 0 Å². The fourth-order valence-electron chi connectivity index (χ4n) is 1.09. The van der Waals surface area contributed by atoms with Crippen molar-refractivity contribution >= 4 is 11.1 Å². The molecule has 0 N–H and O–H groups in total. The highest BCUT2D eigenvalue weighted by Crippen LogP contribution is 2.21. The predicted octanol–water partition coefficient (Wildman–Crippen LogP) is 2.35. The third-order valence-corrected chi connectivity index (χ3v) is 1.78. The molecule has 0 saturated carbocycles. The molecular formula is C9H10N2O. The van der Waals surface area contributed by atoms with Gasteiger partial charge < -0.3 is 4.42 Å². The maximum atomic E-state index is 5.50. The SMILES string of the molecule is CC(C)c1cc2ncncc2o1. The van der Waals surface area contributed by atoms with Gasteiger partial charge in [0.2, 0.25) is 0 Å². The van der Waals surface area contributed by atoms with E-state index < -0.39 is 0 Å². The second-order valence-electron chi connectivity index (χ2n) is 3.08. The van der Waals surface area contributed by atoms with Gasteiger partial charge in [-0.3, -0.25) is 0 Å². The van der Waals surface area contributed by atoms with E-state index in [0.29, 0.717) is 5.92 Å². The maximum Gasteiger partial charge on any atom is 0.170 e. The molecule has 2 heterocycles. The van der Waals surface area contributed by atoms with Gasteiger partial charge in [-0.2, -0.15) is 0 Å². The molecule has 3 heteroatoms. The average molecular weight is 162 g/mol. The molecule has 0 radical (unpaired) electrons. The highest BCUT2D eigenvalue weighted by molar-refractivity contribution is 5.71. The summed E-state index contributed by atoms with van der Waals surface area (Å²) in [6, 6.07) is 1.96. The lowest BCUT2D eigenvalue weighted by atomic mass is 10.2. The zero-order chi connectivity index (χ0) is 8.55. The van der Waals surface area contributed by atoms with Crippen molar-refractivity contribution in [2.75, 3.05) is 0 Å². The molecule has 0 spiro atoms. The van der Waals surface area contributed by atoms with Crippen molar-refractivity contribution < 1.29 is 4.42 Å². The Morgan fingerprint density at radius 1 is 1.42 bits per heavy atom. The molecule has 0 aliphatic heterocycles. The Hall–Kier alpha value is -1.38. The van der Waals surface area contributed by atoms with Gasteiger partial charge in [-0.05, 0) is 0 Å². The largest absolute Gasteiger partial charge is 0.457 e. The van der Waals surface area contributed by atoms with Crippen LogP contribution in [0.1, 0.15) is 25.5 Å². The van der Waals surface area contributed by atoms with Crippen LogP contribution in [0.15, 0.2) is 23.0 Å². The molecule has 2 rings (SSSR count). The quantitative estimate of drug-likeness (QED) is 0.646. The summed E-state index contributed by atoms with van der Waals surface area (Å²) < 4.78 is 5.50. The van der Waals surface area contributed by atoms with Gasteiger partial charge in [0.05, 0.1) is 6.20 Å². The molecule has 0 fully saturated rings. The first-order chi connectivity index (χ1) is 5.77. The summed E-state index contributed by atoms with van der Waals surface area (Å²) in [5, 5.41) is 0. The Labute approximate surface area is 70.4 Å². The molecule has 62 valence electrons. The smallest absolute Gasteiger partial charge is 0.170 e. The van der Waals surface area contributed by atoms with Gasteiger partial charge in [-0.15, -0.1) is 0 Å². The van der Waals surface area contributed by atoms with Crippen LogP contribution in [0.5, 0.6) is 0 Å². The Morgan fingerprint density at radius 2 is 2.25 bits per heavy atom. The van der Waals surface area contributed by atoms with E-state index in [4.69, 9.17) is 4.42 Å². The van der Waals surface area contributed by atoms with E-state index >= 15 is 0 Å². The van der Waals surface area contributed by atoms with Crippen molar-refractivity contribution in [1.82, 2.24) is 9.97 Å². The van der Waals surface area contributed by atoms with Gasteiger partial charge in [0.1, 0.15) is 17.6 Å². The summed E-state index contributed by atoms with van der Waals surface area (Å²) in [7, 11) is 0. The molecule has 0 aliphatic rings. The van der Waals surface area contributed by atoms with E-state index in [0.717, 1.165) is 16.9 Å². The van der Waals surface area contributed by atoms with Crippen LogP contribution in [0.25, 0.3) is 11.1 Å². The van der Waals surface area contributed by atoms with Crippen LogP contribution < -0.4 is 0 Å². The molecule has 0 atom stereocenters. The van der Waals surface area contributed by atoms with Gasteiger partial charge in [0.15, 0.2) is 5.58 Å². The third-order valence-electron chi connectivity index (χ3n) is 1.78. The van der Waals surface area contributed by atoms with Crippen LogP contribution >= 0.6 is 0 Å². The first-order valence-electron chi connectivity index (χ1n) is 3.97. The van der Waals surface area contributed by atoms with Gasteiger partial charge >= 0.3 is 0 Å². The Bertz CT molecular complexity index is 359. The van der Waals surface area contributed by atoms with E-state index in [1.165, 1.54) is 6.33 Å². The number of furan rings is 1. The maximum absolute atomic E-state index is 5.50. The number of hydrogen-bond acceptors (Lipinski definition) is 3. The molecule has 12 heavy (non-hydrogen) atoms. The first kappa shape index (κ1) is 7.28. The summed E-state index contributed by atoms with van der Waals surface area (Å²) >= 11 is 0. The van der Waals surface area contributed by atoms with Crippen molar-refractivity contribution in [1.29, 1.82) is 0 Å². The monoisotopic (exact) mass is 162 g/mol. The first-order valence-corrected chi connectivity index (χ1v) is 3.97. The molecule has 0 bridgehead atoms. The Morgan fingerprint density at radius 3 is 2.92 bits per heavy atom. The van der Waals surface area contributed by atoms with Crippen molar-refractivity contribution in [2.45, 2.75) is 19.8 Å². The summed E-state index contributed by atoms with van der Waals surface area (Å²) in [5.41, 5.74) is 1.65. The topological polar surface area (TPSA) is 38.9 Å². The van der Waals surface area contributed by atoms with Crippen LogP contribution in [0.2, 0.25) is 0 Å². The molecule has 0 amide bonds. The Balaban J connectivity index is 2.62. The van der Waals surface area contributed by atoms with Crippen LogP contribution in [0.3, 0.4) is 0 Å². The third kappa shape index (κ3) is 1.07. The van der Waals surface area contributed by atoms with E-state index in [9.17, 15) is 0 Å². The number of aromatic nitrogens is 2. The minimum absolute atomic E-state index is 0.402. The summed E-state index contributed by atoms with van der Waals surface area (Å²) in [6.07, 6.45) is 3.22. The average Bonchev–Trinajstić information content (AvgIpc) is 2.46. The van der Waals surface area contributed by atoms with Crippen LogP contribution in [-0.4, -0.2) is 9.97 Å². The predicted molar refractivity (Wildman–Crippen MR) is 45.9 cm³/mol. The molecule has 0 aliphatic carbocycles. The molecular weight excluding hydrogens is 152 g/mol. The zero-order valence-corrected chi connectivity index (χ0v) is 7.11. The highest BCUT2D eigenvalue weighted by atomic mass is 16.3. The van der Waals surface area contributed by atoms with Crippen LogP contribution in [-0.2, 0) is 0 Å². The Kier molecular flexibility index (Phi) is 1.57. The molecule has 3 nitrogen and oxygen atoms in total. The van der Waals surface area contributed by atoms with Crippen molar-refractivity contribution in [3.8, 4) is 0 Å². The van der Waals surface area contributed by atoms with Crippen LogP contribution in [0.4, 0.5) is 0 Å². The molecule has 2 aromatic heterocycles. The van der Waals surface area contributed by atoms with Crippen molar-refractivity contribution in [2.24, 2.45) is 0 Å². The second-order valence-corrected chi connectivity index (χ2v) is 3.08. The number of hydrogen-bond donors (Lipinski definition) is 0. The summed E-state index contributed by atoms with van der Waals surface area (Å²) in [5.74, 6) is 1.37. The number of rotatable bonds is 1. The van der Waals surface area contributed by atoms with Gasteiger partial charge in [0, 0.05) is 12.0 Å². The fraction of sp³-hybridized carbons (Fsp3) is 0.333. The fourth-order valence-corrected chi connectivity index (χ4v) is 1.09. The minimum Gasteiger partial charge on any atom is -0.457 e. The normalized spacial score (nSPS) is 11.2. The number of fused-ring (bicyclic) bond motifs is 1. The van der Waals surface area contributed by atoms with E-state index in [-0.39, 0.29) is 0 Å². The zero-order valence-electron chi connectivity index (χ0n) is 7.11. The van der Waals surface area contributed by atoms with E-state index in [1.54, 1.807) is 6.20 Å². The molecule has 0 unspecified atom stereocenters. The van der Waals surface area contributed by atoms with Gasteiger partial charge in [-0.1, -0.05) is 13.8 Å².